The van der Waals surface area contributed by atoms with Crippen LogP contribution in [0.3, 0.4) is 0 Å². The zero-order valence-corrected chi connectivity index (χ0v) is 15.8. The van der Waals surface area contributed by atoms with E-state index in [1.165, 1.54) is 5.38 Å². The Hall–Kier alpha value is -3.49. The van der Waals surface area contributed by atoms with Crippen molar-refractivity contribution >= 4 is 50.4 Å². The Morgan fingerprint density at radius 2 is 2.21 bits per heavy atom. The molecule has 0 saturated carbocycles. The number of β-lactam (4-membered cyclic amide) rings is 1. The molecule has 0 bridgehead atoms. The van der Waals surface area contributed by atoms with Crippen molar-refractivity contribution in [2.75, 3.05) is 18.9 Å². The van der Waals surface area contributed by atoms with Gasteiger partial charge in [0.15, 0.2) is 10.8 Å². The van der Waals surface area contributed by atoms with Crippen molar-refractivity contribution in [2.45, 2.75) is 12.1 Å². The predicted molar refractivity (Wildman–Crippen MR) is 94.3 cm³/mol. The summed E-state index contributed by atoms with van der Waals surface area (Å²) in [5, 5.41) is 15.6. The topological polar surface area (TPSA) is 240 Å². The zero-order chi connectivity index (χ0) is 21.8. The molecule has 1 aliphatic rings. The molecule has 0 unspecified atom stereocenters. The van der Waals surface area contributed by atoms with Gasteiger partial charge in [0.05, 0.1) is 0 Å². The molecular weight excluding hydrogens is 434 g/mol. The molecule has 1 aromatic heterocycles. The van der Waals surface area contributed by atoms with Crippen molar-refractivity contribution in [1.82, 2.24) is 14.6 Å². The van der Waals surface area contributed by atoms with Gasteiger partial charge in [0.1, 0.15) is 30.5 Å². The van der Waals surface area contributed by atoms with Crippen molar-refractivity contribution in [1.29, 1.82) is 5.26 Å². The summed E-state index contributed by atoms with van der Waals surface area (Å²) in [5.41, 5.74) is 9.81. The zero-order valence-electron chi connectivity index (χ0n) is 14.2. The fraction of sp³-hybridized carbons (Fsp3) is 0.333. The molecule has 29 heavy (non-hydrogen) atoms. The first kappa shape index (κ1) is 21.8. The highest BCUT2D eigenvalue weighted by molar-refractivity contribution is 7.84. The van der Waals surface area contributed by atoms with E-state index in [9.17, 15) is 22.8 Å². The van der Waals surface area contributed by atoms with E-state index in [1.54, 1.807) is 6.07 Å². The molecule has 1 aromatic rings. The fourth-order valence-corrected chi connectivity index (χ4v) is 3.64. The molecule has 2 heterocycles. The van der Waals surface area contributed by atoms with Crippen molar-refractivity contribution < 1.29 is 36.9 Å². The van der Waals surface area contributed by atoms with Gasteiger partial charge < -0.3 is 26.4 Å². The van der Waals surface area contributed by atoms with Crippen LogP contribution >= 0.6 is 11.3 Å². The third-order valence-electron chi connectivity index (χ3n) is 3.37. The minimum absolute atomic E-state index is 0.0186. The number of carbonyl (C=O) groups is 3. The molecule has 3 amide bonds. The normalized spacial score (nSPS) is 19.1. The van der Waals surface area contributed by atoms with Crippen LogP contribution in [0.4, 0.5) is 9.93 Å². The van der Waals surface area contributed by atoms with Crippen molar-refractivity contribution in [3.8, 4) is 6.07 Å². The number of anilines is 1. The van der Waals surface area contributed by atoms with Gasteiger partial charge in [-0.25, -0.2) is 14.1 Å². The fourth-order valence-electron chi connectivity index (χ4n) is 2.23. The van der Waals surface area contributed by atoms with Crippen LogP contribution in [0.15, 0.2) is 10.5 Å². The minimum atomic E-state index is -4.99. The molecule has 15 nitrogen and oxygen atoms in total. The number of nitrogens with zero attached hydrogens (tertiary/aromatic N) is 4. The van der Waals surface area contributed by atoms with Crippen molar-refractivity contribution in [3.05, 3.63) is 11.1 Å². The van der Waals surface area contributed by atoms with Gasteiger partial charge in [-0.05, 0) is 0 Å². The number of nitrogens with one attached hydrogen (secondary N) is 1. The number of rotatable bonds is 8. The van der Waals surface area contributed by atoms with Gasteiger partial charge in [0.25, 0.3) is 11.8 Å². The summed E-state index contributed by atoms with van der Waals surface area (Å²) in [4.78, 5) is 43.9. The summed E-state index contributed by atoms with van der Waals surface area (Å²) in [6.07, 6.45) is -1.27. The minimum Gasteiger partial charge on any atom is -0.447 e. The average Bonchev–Trinajstić information content (AvgIpc) is 3.04. The number of thiazole rings is 1. The first-order chi connectivity index (χ1) is 13.6. The summed E-state index contributed by atoms with van der Waals surface area (Å²) >= 11 is 0.971. The number of nitriles is 1. The number of hydrogen-bond donors (Lipinski definition) is 4. The molecule has 6 N–H and O–H groups in total. The maximum absolute atomic E-state index is 12.5. The lowest BCUT2D eigenvalue weighted by atomic mass is 9.99. The lowest BCUT2D eigenvalue weighted by Crippen LogP contribution is -2.73. The molecule has 156 valence electrons. The molecule has 0 spiro atoms. The molecule has 2 rings (SSSR count). The molecule has 0 radical (unpaired) electrons. The Kier molecular flexibility index (Phi) is 6.53. The Balaban J connectivity index is 2.24. The second kappa shape index (κ2) is 8.68. The number of carbonyl (C=O) groups excluding carboxylic acids is 3. The average molecular weight is 447 g/mol. The summed E-state index contributed by atoms with van der Waals surface area (Å²) < 4.78 is 36.2. The van der Waals surface area contributed by atoms with Crippen LogP contribution in [-0.4, -0.2) is 71.2 Å². The number of hydrogen-bond acceptors (Lipinski definition) is 12. The van der Waals surface area contributed by atoms with Gasteiger partial charge in [-0.15, -0.1) is 11.3 Å². The lowest BCUT2D eigenvalue weighted by Gasteiger charge is -2.43. The van der Waals surface area contributed by atoms with Gasteiger partial charge in [0, 0.05) is 5.38 Å². The highest BCUT2D eigenvalue weighted by Crippen LogP contribution is 2.24. The van der Waals surface area contributed by atoms with Crippen LogP contribution in [0.25, 0.3) is 0 Å². The smallest absolute Gasteiger partial charge is 0.404 e. The van der Waals surface area contributed by atoms with E-state index in [1.807, 2.05) is 0 Å². The van der Waals surface area contributed by atoms with Crippen LogP contribution in [0.1, 0.15) is 5.69 Å². The van der Waals surface area contributed by atoms with Gasteiger partial charge >= 0.3 is 16.4 Å². The number of primary amides is 1. The van der Waals surface area contributed by atoms with Crippen LogP contribution in [0.5, 0.6) is 0 Å². The molecule has 0 aliphatic carbocycles. The van der Waals surface area contributed by atoms with E-state index in [0.717, 1.165) is 11.3 Å². The predicted octanol–water partition coefficient (Wildman–Crippen LogP) is -2.44. The van der Waals surface area contributed by atoms with E-state index in [-0.39, 0.29) is 15.1 Å². The van der Waals surface area contributed by atoms with Crippen LogP contribution < -0.4 is 16.8 Å². The Labute approximate surface area is 166 Å². The van der Waals surface area contributed by atoms with E-state index < -0.39 is 59.2 Å². The van der Waals surface area contributed by atoms with Crippen molar-refractivity contribution in [3.63, 3.8) is 0 Å². The highest BCUT2D eigenvalue weighted by atomic mass is 32.2. The largest absolute Gasteiger partial charge is 0.447 e. The third-order valence-corrected chi connectivity index (χ3v) is 4.99. The molecule has 1 saturated heterocycles. The number of oxime groups is 1. The third kappa shape index (κ3) is 5.07. The molecule has 0 aromatic carbocycles. The summed E-state index contributed by atoms with van der Waals surface area (Å²) in [6.45, 7) is -1.22. The SMILES string of the molecule is N#CCO/N=C(\C(=O)N[C@@H]1C(=O)N(S(=O)(=O)O)[C@@H]1COC(N)=O)c1csc(N)n1. The van der Waals surface area contributed by atoms with Gasteiger partial charge in [-0.2, -0.15) is 13.7 Å². The summed E-state index contributed by atoms with van der Waals surface area (Å²) in [5.74, 6) is -2.24. The summed E-state index contributed by atoms with van der Waals surface area (Å²) in [6, 6.07) is -1.35. The molecule has 17 heteroatoms. The van der Waals surface area contributed by atoms with E-state index in [4.69, 9.17) is 21.3 Å². The van der Waals surface area contributed by atoms with Gasteiger partial charge in [0.2, 0.25) is 6.61 Å². The molecule has 2 atom stereocenters. The second-order valence-corrected chi connectivity index (χ2v) is 7.38. The lowest BCUT2D eigenvalue weighted by molar-refractivity contribution is -0.146. The van der Waals surface area contributed by atoms with E-state index in [2.05, 4.69) is 25.0 Å². The number of nitrogen functional groups attached to an aromatic ring is 1. The van der Waals surface area contributed by atoms with E-state index >= 15 is 0 Å². The first-order valence-corrected chi connectivity index (χ1v) is 9.66. The molecular formula is C12H13N7O8S2. The second-order valence-electron chi connectivity index (χ2n) is 5.20. The van der Waals surface area contributed by atoms with Crippen LogP contribution in [-0.2, 0) is 29.5 Å². The van der Waals surface area contributed by atoms with Gasteiger partial charge in [-0.1, -0.05) is 5.16 Å². The first-order valence-electron chi connectivity index (χ1n) is 7.38. The Bertz CT molecular complexity index is 998. The van der Waals surface area contributed by atoms with E-state index in [0.29, 0.717) is 0 Å². The highest BCUT2D eigenvalue weighted by Gasteiger charge is 2.54. The van der Waals surface area contributed by atoms with Crippen LogP contribution in [0, 0.1) is 11.3 Å². The quantitative estimate of drug-likeness (QED) is 0.107. The number of ether oxygens (including phenoxy) is 1. The maximum atomic E-state index is 12.5. The Morgan fingerprint density at radius 1 is 1.52 bits per heavy atom. The maximum Gasteiger partial charge on any atom is 0.404 e. The Morgan fingerprint density at radius 3 is 2.72 bits per heavy atom. The van der Waals surface area contributed by atoms with Crippen molar-refractivity contribution in [2.24, 2.45) is 10.9 Å². The summed E-state index contributed by atoms with van der Waals surface area (Å²) in [7, 11) is -4.99. The number of amides is 3. The molecule has 1 fully saturated rings. The monoisotopic (exact) mass is 447 g/mol. The standard InChI is InChI=1S/C12H13N7O8S2/c13-1-2-27-18-7(5-4-28-11(14)16-5)9(20)17-8-6(3-26-12(15)22)19(10(8)21)29(23,24)25/h4,6,8H,2-3H2,(H2,14,16)(H2,15,22)(H,17,20)(H,23,24,25)/b18-7-/t6-,8+/m1/s1. The number of nitrogens with two attached hydrogens (primary N) is 2. The van der Waals surface area contributed by atoms with Crippen LogP contribution in [0.2, 0.25) is 0 Å². The number of aromatic nitrogens is 1. The van der Waals surface area contributed by atoms with Gasteiger partial charge in [-0.3, -0.25) is 14.1 Å². The molecule has 1 aliphatic heterocycles.